The molecule has 0 aliphatic carbocycles. The number of hydrogen-bond donors (Lipinski definition) is 0. The molecular weight excluding hydrogens is 221 g/mol. The van der Waals surface area contributed by atoms with Gasteiger partial charge in [0.15, 0.2) is 0 Å². The second-order valence-electron chi connectivity index (χ2n) is 4.88. The van der Waals surface area contributed by atoms with Crippen molar-refractivity contribution in [3.05, 3.63) is 30.3 Å². The molecule has 17 heavy (non-hydrogen) atoms. The van der Waals surface area contributed by atoms with Crippen LogP contribution in [0, 0.1) is 0 Å². The second-order valence-corrected chi connectivity index (χ2v) is 8.12. The molecule has 1 aromatic carbocycles. The lowest BCUT2D eigenvalue weighted by Crippen LogP contribution is -2.35. The lowest BCUT2D eigenvalue weighted by Gasteiger charge is -2.26. The van der Waals surface area contributed by atoms with E-state index in [0.717, 1.165) is 0 Å². The van der Waals surface area contributed by atoms with Gasteiger partial charge in [-0.1, -0.05) is 68.3 Å². The van der Waals surface area contributed by atoms with Crippen LogP contribution in [0.5, 0.6) is 0 Å². The molecule has 0 spiro atoms. The Labute approximate surface area is 111 Å². The Bertz CT molecular complexity index is 278. The average Bonchev–Trinajstić information content (AvgIpc) is 2.39. The molecule has 0 fully saturated rings. The van der Waals surface area contributed by atoms with Crippen LogP contribution in [0.1, 0.15) is 39.5 Å². The van der Waals surface area contributed by atoms with Crippen LogP contribution in [0.4, 0.5) is 5.69 Å². The first-order valence-electron chi connectivity index (χ1n) is 7.07. The van der Waals surface area contributed by atoms with Crippen LogP contribution in [0.15, 0.2) is 30.3 Å². The lowest BCUT2D eigenvalue weighted by molar-refractivity contribution is 0.834. The van der Waals surface area contributed by atoms with Gasteiger partial charge in [-0.3, -0.25) is 0 Å². The number of benzene rings is 1. The fourth-order valence-electron chi connectivity index (χ4n) is 2.29. The van der Waals surface area contributed by atoms with Gasteiger partial charge in [0.2, 0.25) is 0 Å². The first-order chi connectivity index (χ1) is 8.29. The Hall–Kier alpha value is -0.448. The fraction of sp³-hybridized carbons (Fsp3) is 0.600. The van der Waals surface area contributed by atoms with Crippen molar-refractivity contribution in [1.29, 1.82) is 0 Å². The number of nitrogens with zero attached hydrogens (tertiary/aromatic N) is 1. The third-order valence-electron chi connectivity index (χ3n) is 3.49. The summed E-state index contributed by atoms with van der Waals surface area (Å²) < 4.78 is 2.60. The third-order valence-corrected chi connectivity index (χ3v) is 7.04. The van der Waals surface area contributed by atoms with Crippen molar-refractivity contribution in [2.75, 3.05) is 10.9 Å². The molecule has 0 unspecified atom stereocenters. The van der Waals surface area contributed by atoms with Gasteiger partial charge in [0, 0.05) is 5.69 Å². The van der Waals surface area contributed by atoms with Crippen LogP contribution >= 0.6 is 0 Å². The highest BCUT2D eigenvalue weighted by Crippen LogP contribution is 2.19. The Balaban J connectivity index is 2.61. The van der Waals surface area contributed by atoms with Crippen molar-refractivity contribution in [2.45, 2.75) is 50.1 Å². The van der Waals surface area contributed by atoms with E-state index in [2.05, 4.69) is 55.1 Å². The van der Waals surface area contributed by atoms with Crippen molar-refractivity contribution < 1.29 is 0 Å². The molecular formula is C15H26AlN. The van der Waals surface area contributed by atoms with Crippen molar-refractivity contribution >= 4 is 20.1 Å². The van der Waals surface area contributed by atoms with Gasteiger partial charge >= 0.3 is 14.4 Å². The fourth-order valence-corrected chi connectivity index (χ4v) is 5.70. The van der Waals surface area contributed by atoms with Gasteiger partial charge in [0.1, 0.15) is 0 Å². The Morgan fingerprint density at radius 3 is 1.94 bits per heavy atom. The molecule has 2 heteroatoms. The monoisotopic (exact) mass is 247 g/mol. The zero-order valence-corrected chi connectivity index (χ0v) is 12.8. The molecule has 0 saturated carbocycles. The summed E-state index contributed by atoms with van der Waals surface area (Å²) >= 11 is -0.757. The molecule has 0 saturated heterocycles. The normalized spacial score (nSPS) is 10.3. The van der Waals surface area contributed by atoms with Gasteiger partial charge in [-0.05, 0) is 19.2 Å². The van der Waals surface area contributed by atoms with Gasteiger partial charge in [0.25, 0.3) is 0 Å². The van der Waals surface area contributed by atoms with E-state index in [1.165, 1.54) is 41.9 Å². The summed E-state index contributed by atoms with van der Waals surface area (Å²) in [7, 11) is 2.30. The molecule has 1 nitrogen and oxygen atoms in total. The lowest BCUT2D eigenvalue weighted by atomic mass is 10.3. The smallest absolute Gasteiger partial charge is 0.413 e. The van der Waals surface area contributed by atoms with Gasteiger partial charge in [0.05, 0.1) is 0 Å². The molecule has 0 aliphatic rings. The SMILES string of the molecule is CCC[CH2][Al]([CH2]CCC)[N](C)c1ccccc1. The van der Waals surface area contributed by atoms with E-state index in [9.17, 15) is 0 Å². The van der Waals surface area contributed by atoms with Crippen molar-refractivity contribution in [3.8, 4) is 0 Å². The van der Waals surface area contributed by atoms with E-state index in [0.29, 0.717) is 0 Å². The molecule has 0 N–H and O–H groups in total. The van der Waals surface area contributed by atoms with E-state index in [4.69, 9.17) is 0 Å². The van der Waals surface area contributed by atoms with E-state index in [1.54, 1.807) is 0 Å². The van der Waals surface area contributed by atoms with Gasteiger partial charge in [-0.2, -0.15) is 0 Å². The predicted molar refractivity (Wildman–Crippen MR) is 80.0 cm³/mol. The van der Waals surface area contributed by atoms with Crippen LogP contribution in [0.3, 0.4) is 0 Å². The zero-order valence-electron chi connectivity index (χ0n) is 11.7. The minimum atomic E-state index is -0.757. The van der Waals surface area contributed by atoms with E-state index >= 15 is 0 Å². The van der Waals surface area contributed by atoms with Gasteiger partial charge in [-0.15, -0.1) is 0 Å². The Morgan fingerprint density at radius 2 is 1.47 bits per heavy atom. The minimum Gasteiger partial charge on any atom is -0.465 e. The zero-order chi connectivity index (χ0) is 12.5. The summed E-state index contributed by atoms with van der Waals surface area (Å²) in [5.74, 6) is 0. The molecule has 0 bridgehead atoms. The number of hydrogen-bond acceptors (Lipinski definition) is 1. The maximum absolute atomic E-state index is 2.60. The first-order valence-corrected chi connectivity index (χ1v) is 9.22. The third kappa shape index (κ3) is 5.15. The van der Waals surface area contributed by atoms with Crippen molar-refractivity contribution in [2.24, 2.45) is 0 Å². The van der Waals surface area contributed by atoms with Crippen LogP contribution in [0.25, 0.3) is 0 Å². The van der Waals surface area contributed by atoms with Crippen LogP contribution in [-0.2, 0) is 0 Å². The highest BCUT2D eigenvalue weighted by Gasteiger charge is 2.23. The van der Waals surface area contributed by atoms with E-state index < -0.39 is 14.4 Å². The Morgan fingerprint density at radius 1 is 0.941 bits per heavy atom. The second kappa shape index (κ2) is 8.62. The minimum absolute atomic E-state index is 0.757. The topological polar surface area (TPSA) is 3.24 Å². The maximum atomic E-state index is 2.60. The average molecular weight is 247 g/mol. The van der Waals surface area contributed by atoms with Crippen molar-refractivity contribution in [1.82, 2.24) is 0 Å². The Kier molecular flexibility index (Phi) is 7.41. The molecule has 1 aromatic rings. The summed E-state index contributed by atoms with van der Waals surface area (Å²) in [5, 5.41) is 2.92. The number of rotatable bonds is 8. The molecule has 1 rings (SSSR count). The molecule has 0 aliphatic heterocycles. The van der Waals surface area contributed by atoms with Crippen LogP contribution < -0.4 is 3.88 Å². The molecule has 0 heterocycles. The predicted octanol–water partition coefficient (Wildman–Crippen LogP) is 4.71. The molecule has 0 atom stereocenters. The van der Waals surface area contributed by atoms with Crippen molar-refractivity contribution in [3.63, 3.8) is 0 Å². The summed E-state index contributed by atoms with van der Waals surface area (Å²) in [5.41, 5.74) is 1.41. The van der Waals surface area contributed by atoms with E-state index in [1.807, 2.05) is 0 Å². The highest BCUT2D eigenvalue weighted by molar-refractivity contribution is 6.63. The summed E-state index contributed by atoms with van der Waals surface area (Å²) in [6.45, 7) is 4.60. The van der Waals surface area contributed by atoms with Gasteiger partial charge < -0.3 is 3.88 Å². The maximum Gasteiger partial charge on any atom is 0.413 e. The summed E-state index contributed by atoms with van der Waals surface area (Å²) in [4.78, 5) is 0. The number of para-hydroxylation sites is 1. The quantitative estimate of drug-likeness (QED) is 0.601. The highest BCUT2D eigenvalue weighted by atomic mass is 27.2. The van der Waals surface area contributed by atoms with Gasteiger partial charge in [-0.25, -0.2) is 0 Å². The number of anilines is 1. The molecule has 0 aromatic heterocycles. The molecule has 0 amide bonds. The molecule has 94 valence electrons. The summed E-state index contributed by atoms with van der Waals surface area (Å²) in [6.07, 6.45) is 5.46. The standard InChI is InChI=1S/C7H8N.2C4H9.Al/c1-8-7-5-3-2-4-6-7;2*1-3-4-2;/h2-6H,1H3;2*1,3-4H2,2H3;/q-1;;;+1. The van der Waals surface area contributed by atoms with Crippen LogP contribution in [-0.4, -0.2) is 21.4 Å². The van der Waals surface area contributed by atoms with Crippen LogP contribution in [0.2, 0.25) is 10.6 Å². The number of unbranched alkanes of at least 4 members (excludes halogenated alkanes) is 2. The molecule has 0 radical (unpaired) electrons. The summed E-state index contributed by atoms with van der Waals surface area (Å²) in [6, 6.07) is 10.9. The van der Waals surface area contributed by atoms with E-state index in [-0.39, 0.29) is 0 Å². The first kappa shape index (κ1) is 14.6. The largest absolute Gasteiger partial charge is 0.465 e.